The molecule has 14 heavy (non-hydrogen) atoms. The fraction of sp³-hybridized carbons (Fsp3) is 0.556. The number of carbonyl (C=O) groups is 1. The van der Waals surface area contributed by atoms with Gasteiger partial charge in [0, 0.05) is 6.04 Å². The summed E-state index contributed by atoms with van der Waals surface area (Å²) in [5.74, 6) is -0.0683. The highest BCUT2D eigenvalue weighted by atomic mass is 79.9. The van der Waals surface area contributed by atoms with E-state index in [2.05, 4.69) is 31.4 Å². The van der Waals surface area contributed by atoms with Crippen LogP contribution < -0.4 is 5.32 Å². The van der Waals surface area contributed by atoms with Crippen molar-refractivity contribution in [2.24, 2.45) is 0 Å². The minimum atomic E-state index is -0.0683. The fourth-order valence-electron chi connectivity index (χ4n) is 1.76. The van der Waals surface area contributed by atoms with E-state index in [1.165, 1.54) is 12.8 Å². The Morgan fingerprint density at radius 1 is 1.57 bits per heavy atom. The minimum absolute atomic E-state index is 0.0683. The maximum absolute atomic E-state index is 11.7. The normalized spacial score (nSPS) is 17.2. The van der Waals surface area contributed by atoms with Crippen molar-refractivity contribution < 1.29 is 4.79 Å². The maximum atomic E-state index is 11.7. The third-order valence-electron chi connectivity index (χ3n) is 2.51. The first-order chi connectivity index (χ1) is 6.77. The molecule has 4 nitrogen and oxygen atoms in total. The molecule has 2 N–H and O–H groups in total. The Balaban J connectivity index is 1.98. The molecule has 0 spiro atoms. The van der Waals surface area contributed by atoms with Gasteiger partial charge in [0.05, 0.1) is 10.7 Å². The second kappa shape index (κ2) is 4.13. The molecule has 1 aromatic heterocycles. The van der Waals surface area contributed by atoms with E-state index in [1.807, 2.05) is 0 Å². The van der Waals surface area contributed by atoms with Crippen LogP contribution in [0.15, 0.2) is 10.7 Å². The summed E-state index contributed by atoms with van der Waals surface area (Å²) in [4.78, 5) is 11.7. The van der Waals surface area contributed by atoms with Crippen LogP contribution in [0, 0.1) is 0 Å². The lowest BCUT2D eigenvalue weighted by molar-refractivity contribution is 0.0932. The number of aromatic amines is 1. The predicted molar refractivity (Wildman–Crippen MR) is 56.0 cm³/mol. The van der Waals surface area contributed by atoms with Gasteiger partial charge < -0.3 is 5.32 Å². The fourth-order valence-corrected chi connectivity index (χ4v) is 2.13. The Hall–Kier alpha value is -0.840. The van der Waals surface area contributed by atoms with Crippen molar-refractivity contribution in [2.75, 3.05) is 0 Å². The lowest BCUT2D eigenvalue weighted by atomic mass is 10.2. The van der Waals surface area contributed by atoms with Gasteiger partial charge in [-0.1, -0.05) is 12.8 Å². The zero-order valence-electron chi connectivity index (χ0n) is 7.72. The molecule has 1 amide bonds. The van der Waals surface area contributed by atoms with Crippen LogP contribution in [0.25, 0.3) is 0 Å². The zero-order chi connectivity index (χ0) is 9.97. The number of rotatable bonds is 2. The Morgan fingerprint density at radius 3 is 2.86 bits per heavy atom. The van der Waals surface area contributed by atoms with Gasteiger partial charge in [-0.3, -0.25) is 9.89 Å². The molecule has 1 saturated carbocycles. The second-order valence-corrected chi connectivity index (χ2v) is 4.40. The molecule has 0 aliphatic heterocycles. The SMILES string of the molecule is O=C(NC1CCCC1)c1[nH]ncc1Br. The maximum Gasteiger partial charge on any atom is 0.270 e. The highest BCUT2D eigenvalue weighted by Gasteiger charge is 2.19. The van der Waals surface area contributed by atoms with Crippen LogP contribution in [0.3, 0.4) is 0 Å². The Labute approximate surface area is 90.6 Å². The number of carbonyl (C=O) groups excluding carboxylic acids is 1. The van der Waals surface area contributed by atoms with E-state index in [-0.39, 0.29) is 5.91 Å². The highest BCUT2D eigenvalue weighted by molar-refractivity contribution is 9.10. The summed E-state index contributed by atoms with van der Waals surface area (Å²) in [7, 11) is 0. The molecule has 0 atom stereocenters. The summed E-state index contributed by atoms with van der Waals surface area (Å²) in [6, 6.07) is 0.345. The number of hydrogen-bond acceptors (Lipinski definition) is 2. The van der Waals surface area contributed by atoms with Crippen LogP contribution in [-0.2, 0) is 0 Å². The van der Waals surface area contributed by atoms with Gasteiger partial charge in [-0.05, 0) is 28.8 Å². The van der Waals surface area contributed by atoms with Gasteiger partial charge in [0.15, 0.2) is 0 Å². The Bertz CT molecular complexity index is 331. The summed E-state index contributed by atoms with van der Waals surface area (Å²) < 4.78 is 0.716. The lowest BCUT2D eigenvalue weighted by Gasteiger charge is -2.10. The second-order valence-electron chi connectivity index (χ2n) is 3.55. The quantitative estimate of drug-likeness (QED) is 0.850. The molecule has 76 valence electrons. The number of halogens is 1. The molecule has 0 bridgehead atoms. The molecule has 0 radical (unpaired) electrons. The van der Waals surface area contributed by atoms with E-state index in [4.69, 9.17) is 0 Å². The molecule has 1 fully saturated rings. The van der Waals surface area contributed by atoms with Crippen LogP contribution in [-0.4, -0.2) is 22.1 Å². The van der Waals surface area contributed by atoms with Crippen molar-refractivity contribution in [3.05, 3.63) is 16.4 Å². The number of hydrogen-bond donors (Lipinski definition) is 2. The Morgan fingerprint density at radius 2 is 2.29 bits per heavy atom. The van der Waals surface area contributed by atoms with E-state index >= 15 is 0 Å². The van der Waals surface area contributed by atoms with Crippen LogP contribution in [0.2, 0.25) is 0 Å². The molecule has 1 aliphatic carbocycles. The summed E-state index contributed by atoms with van der Waals surface area (Å²) in [6.07, 6.45) is 6.21. The summed E-state index contributed by atoms with van der Waals surface area (Å²) in [6.45, 7) is 0. The Kier molecular flexibility index (Phi) is 2.86. The number of amides is 1. The molecule has 5 heteroatoms. The predicted octanol–water partition coefficient (Wildman–Crippen LogP) is 1.84. The molecule has 1 heterocycles. The average Bonchev–Trinajstić information content (AvgIpc) is 2.75. The van der Waals surface area contributed by atoms with E-state index in [1.54, 1.807) is 6.20 Å². The van der Waals surface area contributed by atoms with Crippen LogP contribution in [0.1, 0.15) is 36.2 Å². The number of aromatic nitrogens is 2. The highest BCUT2D eigenvalue weighted by Crippen LogP contribution is 2.19. The first-order valence-electron chi connectivity index (χ1n) is 4.77. The number of H-pyrrole nitrogens is 1. The van der Waals surface area contributed by atoms with Crippen molar-refractivity contribution >= 4 is 21.8 Å². The first-order valence-corrected chi connectivity index (χ1v) is 5.56. The van der Waals surface area contributed by atoms with Gasteiger partial charge in [-0.2, -0.15) is 5.10 Å². The van der Waals surface area contributed by atoms with Crippen molar-refractivity contribution in [3.8, 4) is 0 Å². The van der Waals surface area contributed by atoms with Gasteiger partial charge in [0.25, 0.3) is 5.91 Å². The van der Waals surface area contributed by atoms with Gasteiger partial charge in [0.1, 0.15) is 5.69 Å². The average molecular weight is 258 g/mol. The smallest absolute Gasteiger partial charge is 0.270 e. The summed E-state index contributed by atoms with van der Waals surface area (Å²) >= 11 is 3.26. The van der Waals surface area contributed by atoms with E-state index < -0.39 is 0 Å². The zero-order valence-corrected chi connectivity index (χ0v) is 9.30. The van der Waals surface area contributed by atoms with Crippen molar-refractivity contribution in [1.82, 2.24) is 15.5 Å². The van der Waals surface area contributed by atoms with Gasteiger partial charge >= 0.3 is 0 Å². The molecule has 0 unspecified atom stereocenters. The standard InChI is InChI=1S/C9H12BrN3O/c10-7-5-11-13-8(7)9(14)12-6-3-1-2-4-6/h5-6H,1-4H2,(H,11,13)(H,12,14). The van der Waals surface area contributed by atoms with E-state index in [0.717, 1.165) is 12.8 Å². The van der Waals surface area contributed by atoms with E-state index in [9.17, 15) is 4.79 Å². The summed E-state index contributed by atoms with van der Waals surface area (Å²) in [5.41, 5.74) is 0.511. The largest absolute Gasteiger partial charge is 0.348 e. The third-order valence-corrected chi connectivity index (χ3v) is 3.11. The van der Waals surface area contributed by atoms with Crippen molar-refractivity contribution in [2.45, 2.75) is 31.7 Å². The van der Waals surface area contributed by atoms with Crippen LogP contribution in [0.5, 0.6) is 0 Å². The number of nitrogens with one attached hydrogen (secondary N) is 2. The van der Waals surface area contributed by atoms with Crippen LogP contribution in [0.4, 0.5) is 0 Å². The molecular formula is C9H12BrN3O. The minimum Gasteiger partial charge on any atom is -0.348 e. The molecule has 0 aromatic carbocycles. The van der Waals surface area contributed by atoms with Crippen molar-refractivity contribution in [1.29, 1.82) is 0 Å². The summed E-state index contributed by atoms with van der Waals surface area (Å²) in [5, 5.41) is 9.44. The third kappa shape index (κ3) is 1.97. The number of nitrogens with zero attached hydrogens (tertiary/aromatic N) is 1. The van der Waals surface area contributed by atoms with Gasteiger partial charge in [-0.25, -0.2) is 0 Å². The van der Waals surface area contributed by atoms with Crippen LogP contribution >= 0.6 is 15.9 Å². The van der Waals surface area contributed by atoms with Gasteiger partial charge in [0.2, 0.25) is 0 Å². The lowest BCUT2D eigenvalue weighted by Crippen LogP contribution is -2.33. The monoisotopic (exact) mass is 257 g/mol. The van der Waals surface area contributed by atoms with Gasteiger partial charge in [-0.15, -0.1) is 0 Å². The molecule has 0 saturated heterocycles. The molecular weight excluding hydrogens is 246 g/mol. The molecule has 1 aromatic rings. The molecule has 1 aliphatic rings. The molecule has 2 rings (SSSR count). The van der Waals surface area contributed by atoms with Crippen molar-refractivity contribution in [3.63, 3.8) is 0 Å². The van der Waals surface area contributed by atoms with E-state index in [0.29, 0.717) is 16.2 Å². The first kappa shape index (κ1) is 9.71. The topological polar surface area (TPSA) is 57.8 Å².